The summed E-state index contributed by atoms with van der Waals surface area (Å²) in [5, 5.41) is 10.1. The lowest BCUT2D eigenvalue weighted by molar-refractivity contribution is 0.112. The van der Waals surface area contributed by atoms with E-state index in [1.807, 2.05) is 6.08 Å². The van der Waals surface area contributed by atoms with Gasteiger partial charge in [0.1, 0.15) is 0 Å². The van der Waals surface area contributed by atoms with Crippen molar-refractivity contribution in [1.82, 2.24) is 0 Å². The zero-order valence-corrected chi connectivity index (χ0v) is 12.4. The van der Waals surface area contributed by atoms with Crippen LogP contribution in [-0.4, -0.2) is 21.7 Å². The van der Waals surface area contributed by atoms with E-state index < -0.39 is 0 Å². The molecule has 1 nitrogen and oxygen atoms in total. The Morgan fingerprint density at radius 1 is 1.53 bits per heavy atom. The molecule has 1 aliphatic rings. The van der Waals surface area contributed by atoms with Gasteiger partial charge in [-0.3, -0.25) is 0 Å². The Hall–Kier alpha value is 0.0500. The molecule has 0 aliphatic carbocycles. The van der Waals surface area contributed by atoms with Crippen molar-refractivity contribution in [1.29, 1.82) is 0 Å². The van der Waals surface area contributed by atoms with E-state index in [2.05, 4.69) is 39.1 Å². The van der Waals surface area contributed by atoms with Crippen LogP contribution in [0.15, 0.2) is 12.7 Å². The van der Waals surface area contributed by atoms with Crippen molar-refractivity contribution in [3.63, 3.8) is 0 Å². The normalized spacial score (nSPS) is 31.5. The van der Waals surface area contributed by atoms with Crippen LogP contribution in [0.1, 0.15) is 52.9 Å². The molecule has 2 heteroatoms. The van der Waals surface area contributed by atoms with Crippen molar-refractivity contribution in [3.05, 3.63) is 12.7 Å². The molecule has 1 fully saturated rings. The third-order valence-corrected chi connectivity index (χ3v) is 6.25. The minimum atomic E-state index is -0.144. The van der Waals surface area contributed by atoms with Crippen LogP contribution in [0.2, 0.25) is 0 Å². The van der Waals surface area contributed by atoms with Crippen LogP contribution in [0.3, 0.4) is 0 Å². The standard InChI is InChI=1S/C15H28OS/c1-5-6-9-14(16)11-13-8-7-10-17-15(13,4)12(2)3/h5,12-14,16H,1,6-11H2,2-4H3/t13?,14-,15?/m0/s1. The van der Waals surface area contributed by atoms with E-state index in [9.17, 15) is 5.11 Å². The highest BCUT2D eigenvalue weighted by Gasteiger charge is 2.40. The summed E-state index contributed by atoms with van der Waals surface area (Å²) < 4.78 is 0.355. The molecular weight excluding hydrogens is 228 g/mol. The molecule has 1 N–H and O–H groups in total. The predicted octanol–water partition coefficient (Wildman–Crippen LogP) is 4.26. The van der Waals surface area contributed by atoms with Gasteiger partial charge in [-0.25, -0.2) is 0 Å². The van der Waals surface area contributed by atoms with Gasteiger partial charge in [-0.15, -0.1) is 6.58 Å². The van der Waals surface area contributed by atoms with Crippen LogP contribution in [0.4, 0.5) is 0 Å². The van der Waals surface area contributed by atoms with Gasteiger partial charge >= 0.3 is 0 Å². The Bertz CT molecular complexity index is 239. The van der Waals surface area contributed by atoms with Crippen molar-refractivity contribution >= 4 is 11.8 Å². The molecule has 0 bridgehead atoms. The Morgan fingerprint density at radius 2 is 2.24 bits per heavy atom. The Morgan fingerprint density at radius 3 is 2.82 bits per heavy atom. The molecular formula is C15H28OS. The van der Waals surface area contributed by atoms with Gasteiger partial charge in [0.15, 0.2) is 0 Å². The van der Waals surface area contributed by atoms with Gasteiger partial charge in [-0.2, -0.15) is 11.8 Å². The number of aliphatic hydroxyl groups is 1. The first-order valence-corrected chi connectivity index (χ1v) is 7.92. The van der Waals surface area contributed by atoms with Crippen LogP contribution in [0.5, 0.6) is 0 Å². The lowest BCUT2D eigenvalue weighted by Gasteiger charge is -2.45. The maximum Gasteiger partial charge on any atom is 0.0546 e. The van der Waals surface area contributed by atoms with Gasteiger partial charge in [0, 0.05) is 4.75 Å². The van der Waals surface area contributed by atoms with E-state index >= 15 is 0 Å². The van der Waals surface area contributed by atoms with Crippen LogP contribution < -0.4 is 0 Å². The second kappa shape index (κ2) is 6.84. The summed E-state index contributed by atoms with van der Waals surface area (Å²) >= 11 is 2.12. The largest absolute Gasteiger partial charge is 0.393 e. The van der Waals surface area contributed by atoms with E-state index in [1.165, 1.54) is 18.6 Å². The summed E-state index contributed by atoms with van der Waals surface area (Å²) in [5.41, 5.74) is 0. The highest BCUT2D eigenvalue weighted by atomic mass is 32.2. The maximum absolute atomic E-state index is 10.1. The van der Waals surface area contributed by atoms with Crippen molar-refractivity contribution in [2.75, 3.05) is 5.75 Å². The van der Waals surface area contributed by atoms with Gasteiger partial charge in [-0.1, -0.05) is 19.9 Å². The Labute approximate surface area is 111 Å². The fraction of sp³-hybridized carbons (Fsp3) is 0.867. The van der Waals surface area contributed by atoms with E-state index in [1.54, 1.807) is 0 Å². The molecule has 1 saturated heterocycles. The summed E-state index contributed by atoms with van der Waals surface area (Å²) in [4.78, 5) is 0. The molecule has 0 aromatic carbocycles. The SMILES string of the molecule is C=CCC[C@H](O)CC1CCCSC1(C)C(C)C. The molecule has 1 aliphatic heterocycles. The van der Waals surface area contributed by atoms with Crippen LogP contribution in [0.25, 0.3) is 0 Å². The predicted molar refractivity (Wildman–Crippen MR) is 78.5 cm³/mol. The number of hydrogen-bond acceptors (Lipinski definition) is 2. The topological polar surface area (TPSA) is 20.2 Å². The van der Waals surface area contributed by atoms with E-state index in [0.717, 1.165) is 19.3 Å². The summed E-state index contributed by atoms with van der Waals surface area (Å²) in [6.07, 6.45) is 7.13. The number of allylic oxidation sites excluding steroid dienone is 1. The third kappa shape index (κ3) is 4.03. The second-order valence-corrected chi connectivity index (χ2v) is 7.36. The Kier molecular flexibility index (Phi) is 6.08. The second-order valence-electron chi connectivity index (χ2n) is 5.78. The fourth-order valence-corrected chi connectivity index (χ4v) is 4.31. The molecule has 2 unspecified atom stereocenters. The lowest BCUT2D eigenvalue weighted by Crippen LogP contribution is -2.41. The highest BCUT2D eigenvalue weighted by molar-refractivity contribution is 8.00. The molecule has 17 heavy (non-hydrogen) atoms. The molecule has 0 aromatic heterocycles. The number of thioether (sulfide) groups is 1. The van der Waals surface area contributed by atoms with Crippen molar-refractivity contribution in [2.24, 2.45) is 11.8 Å². The summed E-state index contributed by atoms with van der Waals surface area (Å²) in [7, 11) is 0. The van der Waals surface area contributed by atoms with E-state index in [0.29, 0.717) is 16.6 Å². The molecule has 0 spiro atoms. The van der Waals surface area contributed by atoms with Crippen LogP contribution in [-0.2, 0) is 0 Å². The van der Waals surface area contributed by atoms with Gasteiger partial charge < -0.3 is 5.11 Å². The minimum absolute atomic E-state index is 0.144. The molecule has 3 atom stereocenters. The molecule has 1 rings (SSSR count). The van der Waals surface area contributed by atoms with Gasteiger partial charge in [0.2, 0.25) is 0 Å². The molecule has 0 saturated carbocycles. The quantitative estimate of drug-likeness (QED) is 0.717. The zero-order valence-electron chi connectivity index (χ0n) is 11.6. The number of hydrogen-bond donors (Lipinski definition) is 1. The van der Waals surface area contributed by atoms with E-state index in [4.69, 9.17) is 0 Å². The van der Waals surface area contributed by atoms with Crippen molar-refractivity contribution < 1.29 is 5.11 Å². The number of aliphatic hydroxyl groups excluding tert-OH is 1. The molecule has 1 heterocycles. The van der Waals surface area contributed by atoms with E-state index in [-0.39, 0.29) is 6.10 Å². The lowest BCUT2D eigenvalue weighted by atomic mass is 9.77. The third-order valence-electron chi connectivity index (χ3n) is 4.33. The van der Waals surface area contributed by atoms with Crippen LogP contribution >= 0.6 is 11.8 Å². The molecule has 100 valence electrons. The van der Waals surface area contributed by atoms with Crippen LogP contribution in [0, 0.1) is 11.8 Å². The summed E-state index contributed by atoms with van der Waals surface area (Å²) in [6, 6.07) is 0. The fourth-order valence-electron chi connectivity index (χ4n) is 2.77. The average molecular weight is 256 g/mol. The monoisotopic (exact) mass is 256 g/mol. The first-order chi connectivity index (χ1) is 8.00. The van der Waals surface area contributed by atoms with Gasteiger partial charge in [-0.05, 0) is 56.6 Å². The maximum atomic E-state index is 10.1. The number of rotatable bonds is 6. The average Bonchev–Trinajstić information content (AvgIpc) is 2.29. The van der Waals surface area contributed by atoms with Gasteiger partial charge in [0.05, 0.1) is 6.10 Å². The smallest absolute Gasteiger partial charge is 0.0546 e. The molecule has 0 radical (unpaired) electrons. The summed E-state index contributed by atoms with van der Waals surface area (Å²) in [5.74, 6) is 2.64. The highest BCUT2D eigenvalue weighted by Crippen LogP contribution is 2.47. The first-order valence-electron chi connectivity index (χ1n) is 6.93. The first kappa shape index (κ1) is 15.1. The molecule has 0 amide bonds. The van der Waals surface area contributed by atoms with Crippen molar-refractivity contribution in [2.45, 2.75) is 63.7 Å². The summed E-state index contributed by atoms with van der Waals surface area (Å²) in [6.45, 7) is 10.8. The molecule has 0 aromatic rings. The zero-order chi connectivity index (χ0) is 12.9. The Balaban J connectivity index is 2.56. The minimum Gasteiger partial charge on any atom is -0.393 e. The van der Waals surface area contributed by atoms with Crippen molar-refractivity contribution in [3.8, 4) is 0 Å². The van der Waals surface area contributed by atoms with Gasteiger partial charge in [0.25, 0.3) is 0 Å².